The molecule has 1 aromatic rings. The van der Waals surface area contributed by atoms with Gasteiger partial charge in [0.25, 0.3) is 0 Å². The summed E-state index contributed by atoms with van der Waals surface area (Å²) in [5.74, 6) is -0.565. The van der Waals surface area contributed by atoms with Crippen LogP contribution in [0.2, 0.25) is 0 Å². The standard InChI is InChI=1S/C12H16O5S/c1-9(8-16-2)17-12(13)10-5-4-6-11(7-10)18(3,14)15/h4-7,9H,8H2,1-3H3. The first-order valence-corrected chi connectivity index (χ1v) is 7.23. The van der Waals surface area contributed by atoms with Crippen molar-refractivity contribution in [2.45, 2.75) is 17.9 Å². The molecule has 0 aliphatic heterocycles. The van der Waals surface area contributed by atoms with E-state index in [4.69, 9.17) is 9.47 Å². The molecule has 0 N–H and O–H groups in total. The van der Waals surface area contributed by atoms with Crippen LogP contribution < -0.4 is 0 Å². The molecule has 100 valence electrons. The van der Waals surface area contributed by atoms with E-state index in [1.54, 1.807) is 6.92 Å². The van der Waals surface area contributed by atoms with E-state index in [2.05, 4.69) is 0 Å². The van der Waals surface area contributed by atoms with Gasteiger partial charge in [-0.15, -0.1) is 0 Å². The second kappa shape index (κ2) is 5.97. The Morgan fingerprint density at radius 3 is 2.61 bits per heavy atom. The molecule has 0 aromatic heterocycles. The predicted octanol–water partition coefficient (Wildman–Crippen LogP) is 1.28. The first-order valence-electron chi connectivity index (χ1n) is 5.34. The fourth-order valence-electron chi connectivity index (χ4n) is 1.37. The largest absolute Gasteiger partial charge is 0.457 e. The lowest BCUT2D eigenvalue weighted by atomic mass is 10.2. The van der Waals surface area contributed by atoms with E-state index in [9.17, 15) is 13.2 Å². The number of benzene rings is 1. The molecule has 0 aliphatic rings. The Labute approximate surface area is 107 Å². The Morgan fingerprint density at radius 2 is 2.06 bits per heavy atom. The molecular weight excluding hydrogens is 256 g/mol. The zero-order chi connectivity index (χ0) is 13.8. The van der Waals surface area contributed by atoms with Crippen LogP contribution in [0.3, 0.4) is 0 Å². The number of hydrogen-bond acceptors (Lipinski definition) is 5. The summed E-state index contributed by atoms with van der Waals surface area (Å²) in [6, 6.07) is 5.76. The van der Waals surface area contributed by atoms with Crippen molar-refractivity contribution in [3.05, 3.63) is 29.8 Å². The first kappa shape index (κ1) is 14.7. The van der Waals surface area contributed by atoms with Gasteiger partial charge in [0.15, 0.2) is 9.84 Å². The fraction of sp³-hybridized carbons (Fsp3) is 0.417. The Bertz CT molecular complexity index is 521. The molecule has 0 saturated heterocycles. The van der Waals surface area contributed by atoms with Crippen LogP contribution in [-0.2, 0) is 19.3 Å². The highest BCUT2D eigenvalue weighted by Gasteiger charge is 2.14. The Balaban J connectivity index is 2.87. The van der Waals surface area contributed by atoms with Crippen LogP contribution in [0.4, 0.5) is 0 Å². The van der Waals surface area contributed by atoms with Crippen molar-refractivity contribution in [2.75, 3.05) is 20.0 Å². The second-order valence-corrected chi connectivity index (χ2v) is 5.99. The van der Waals surface area contributed by atoms with Crippen molar-refractivity contribution in [1.29, 1.82) is 0 Å². The maximum atomic E-state index is 11.7. The van der Waals surface area contributed by atoms with Crippen molar-refractivity contribution in [2.24, 2.45) is 0 Å². The van der Waals surface area contributed by atoms with Gasteiger partial charge in [0.2, 0.25) is 0 Å². The molecule has 18 heavy (non-hydrogen) atoms. The van der Waals surface area contributed by atoms with Gasteiger partial charge in [-0.25, -0.2) is 13.2 Å². The average molecular weight is 272 g/mol. The number of esters is 1. The van der Waals surface area contributed by atoms with Crippen molar-refractivity contribution < 1.29 is 22.7 Å². The van der Waals surface area contributed by atoms with Gasteiger partial charge < -0.3 is 9.47 Å². The lowest BCUT2D eigenvalue weighted by Gasteiger charge is -2.12. The van der Waals surface area contributed by atoms with E-state index in [0.29, 0.717) is 0 Å². The van der Waals surface area contributed by atoms with Crippen LogP contribution >= 0.6 is 0 Å². The number of carbonyl (C=O) groups excluding carboxylic acids is 1. The van der Waals surface area contributed by atoms with Gasteiger partial charge in [0.05, 0.1) is 17.1 Å². The third-order valence-electron chi connectivity index (χ3n) is 2.21. The molecule has 0 fully saturated rings. The van der Waals surface area contributed by atoms with Crippen LogP contribution in [0.15, 0.2) is 29.2 Å². The van der Waals surface area contributed by atoms with Crippen LogP contribution in [0.25, 0.3) is 0 Å². The summed E-state index contributed by atoms with van der Waals surface area (Å²) in [5, 5.41) is 0. The average Bonchev–Trinajstić information content (AvgIpc) is 2.28. The number of carbonyl (C=O) groups is 1. The van der Waals surface area contributed by atoms with Crippen LogP contribution in [0.1, 0.15) is 17.3 Å². The molecule has 0 spiro atoms. The predicted molar refractivity (Wildman–Crippen MR) is 66.3 cm³/mol. The minimum atomic E-state index is -3.33. The second-order valence-electron chi connectivity index (χ2n) is 3.97. The lowest BCUT2D eigenvalue weighted by molar-refractivity contribution is 0.0120. The van der Waals surface area contributed by atoms with Crippen molar-refractivity contribution in [1.82, 2.24) is 0 Å². The zero-order valence-corrected chi connectivity index (χ0v) is 11.4. The zero-order valence-electron chi connectivity index (χ0n) is 10.5. The highest BCUT2D eigenvalue weighted by Crippen LogP contribution is 2.13. The summed E-state index contributed by atoms with van der Waals surface area (Å²) < 4.78 is 32.7. The summed E-state index contributed by atoms with van der Waals surface area (Å²) >= 11 is 0. The third-order valence-corrected chi connectivity index (χ3v) is 3.32. The maximum absolute atomic E-state index is 11.7. The highest BCUT2D eigenvalue weighted by atomic mass is 32.2. The molecule has 0 radical (unpaired) electrons. The Hall–Kier alpha value is -1.40. The van der Waals surface area contributed by atoms with Gasteiger partial charge in [0, 0.05) is 13.4 Å². The van der Waals surface area contributed by atoms with Gasteiger partial charge in [-0.05, 0) is 25.1 Å². The summed E-state index contributed by atoms with van der Waals surface area (Å²) in [6.07, 6.45) is 0.703. The number of sulfone groups is 1. The van der Waals surface area contributed by atoms with Gasteiger partial charge in [-0.2, -0.15) is 0 Å². The molecule has 0 heterocycles. The Kier molecular flexibility index (Phi) is 4.86. The van der Waals surface area contributed by atoms with E-state index in [0.717, 1.165) is 6.26 Å². The van der Waals surface area contributed by atoms with E-state index >= 15 is 0 Å². The third kappa shape index (κ3) is 4.12. The molecule has 1 unspecified atom stereocenters. The summed E-state index contributed by atoms with van der Waals surface area (Å²) in [4.78, 5) is 11.8. The smallest absolute Gasteiger partial charge is 0.338 e. The molecule has 0 saturated carbocycles. The lowest BCUT2D eigenvalue weighted by Crippen LogP contribution is -2.19. The normalized spacial score (nSPS) is 13.1. The number of rotatable bonds is 5. The minimum Gasteiger partial charge on any atom is -0.457 e. The molecule has 0 aliphatic carbocycles. The first-order chi connectivity index (χ1) is 8.34. The number of hydrogen-bond donors (Lipinski definition) is 0. The SMILES string of the molecule is COCC(C)OC(=O)c1cccc(S(C)(=O)=O)c1. The molecular formula is C12H16O5S. The highest BCUT2D eigenvalue weighted by molar-refractivity contribution is 7.90. The molecule has 1 rings (SSSR count). The van der Waals surface area contributed by atoms with Crippen LogP contribution in [-0.4, -0.2) is 40.5 Å². The number of ether oxygens (including phenoxy) is 2. The van der Waals surface area contributed by atoms with Gasteiger partial charge >= 0.3 is 5.97 Å². The molecule has 6 heteroatoms. The molecule has 0 bridgehead atoms. The van der Waals surface area contributed by atoms with Crippen LogP contribution in [0, 0.1) is 0 Å². The summed E-state index contributed by atoms with van der Waals surface area (Å²) in [5.41, 5.74) is 0.209. The van der Waals surface area contributed by atoms with Crippen LogP contribution in [0.5, 0.6) is 0 Å². The van der Waals surface area contributed by atoms with E-state index in [-0.39, 0.29) is 23.2 Å². The monoisotopic (exact) mass is 272 g/mol. The fourth-order valence-corrected chi connectivity index (χ4v) is 2.04. The molecule has 1 atom stereocenters. The topological polar surface area (TPSA) is 69.7 Å². The van der Waals surface area contributed by atoms with Crippen molar-refractivity contribution in [3.63, 3.8) is 0 Å². The quantitative estimate of drug-likeness (QED) is 0.755. The molecule has 0 amide bonds. The van der Waals surface area contributed by atoms with E-state index < -0.39 is 15.8 Å². The van der Waals surface area contributed by atoms with Gasteiger partial charge in [-0.1, -0.05) is 6.07 Å². The van der Waals surface area contributed by atoms with Gasteiger partial charge in [0.1, 0.15) is 6.10 Å². The number of methoxy groups -OCH3 is 1. The van der Waals surface area contributed by atoms with Gasteiger partial charge in [-0.3, -0.25) is 0 Å². The minimum absolute atomic E-state index is 0.0938. The Morgan fingerprint density at radius 1 is 1.39 bits per heavy atom. The van der Waals surface area contributed by atoms with E-state index in [1.165, 1.54) is 31.4 Å². The van der Waals surface area contributed by atoms with Crippen molar-refractivity contribution in [3.8, 4) is 0 Å². The molecule has 5 nitrogen and oxygen atoms in total. The molecule has 1 aromatic carbocycles. The van der Waals surface area contributed by atoms with Crippen molar-refractivity contribution >= 4 is 15.8 Å². The van der Waals surface area contributed by atoms with E-state index in [1.807, 2.05) is 0 Å². The maximum Gasteiger partial charge on any atom is 0.338 e. The summed E-state index contributed by atoms with van der Waals surface area (Å²) in [7, 11) is -1.82. The summed E-state index contributed by atoms with van der Waals surface area (Å²) in [6.45, 7) is 1.99.